The van der Waals surface area contributed by atoms with Crippen LogP contribution in [0.4, 0.5) is 0 Å². The third kappa shape index (κ3) is 1.80. The Kier molecular flexibility index (Phi) is 2.13. The molecule has 7 nitrogen and oxygen atoms in total. The number of aromatic nitrogens is 4. The lowest BCUT2D eigenvalue weighted by atomic mass is 10.4. The lowest BCUT2D eigenvalue weighted by molar-refractivity contribution is 0.0654. The highest BCUT2D eigenvalue weighted by molar-refractivity contribution is 5.82. The van der Waals surface area contributed by atoms with Gasteiger partial charge in [-0.3, -0.25) is 0 Å². The number of carbonyl (C=O) groups is 1. The van der Waals surface area contributed by atoms with Crippen molar-refractivity contribution in [1.82, 2.24) is 20.2 Å². The van der Waals surface area contributed by atoms with Gasteiger partial charge >= 0.3 is 11.9 Å². The van der Waals surface area contributed by atoms with Gasteiger partial charge in [0.2, 0.25) is 0 Å². The fourth-order valence-corrected chi connectivity index (χ4v) is 0.988. The normalized spacial score (nSPS) is 10.2. The van der Waals surface area contributed by atoms with Gasteiger partial charge in [0.15, 0.2) is 0 Å². The Bertz CT molecular complexity index is 508. The molecule has 0 saturated carbocycles. The summed E-state index contributed by atoms with van der Waals surface area (Å²) in [5.41, 5.74) is 0.405. The highest BCUT2D eigenvalue weighted by atomic mass is 16.4. The Balaban J connectivity index is 2.41. The van der Waals surface area contributed by atoms with Crippen LogP contribution in [0.25, 0.3) is 11.6 Å². The molecule has 0 fully saturated rings. The number of carboxylic acids is 1. The molecule has 2 heterocycles. The quantitative estimate of drug-likeness (QED) is 0.764. The first kappa shape index (κ1) is 9.25. The van der Waals surface area contributed by atoms with Crippen molar-refractivity contribution in [1.29, 1.82) is 0 Å². The number of aromatic carboxylic acids is 1. The van der Waals surface area contributed by atoms with E-state index < -0.39 is 11.9 Å². The number of hydrogen-bond acceptors (Lipinski definition) is 6. The van der Waals surface area contributed by atoms with E-state index in [1.165, 1.54) is 6.20 Å². The second-order valence-corrected chi connectivity index (χ2v) is 2.71. The van der Waals surface area contributed by atoms with E-state index in [-0.39, 0.29) is 5.89 Å². The second-order valence-electron chi connectivity index (χ2n) is 2.71. The summed E-state index contributed by atoms with van der Waals surface area (Å²) in [4.78, 5) is 18.4. The van der Waals surface area contributed by atoms with E-state index in [0.29, 0.717) is 11.5 Å². The summed E-state index contributed by atoms with van der Waals surface area (Å²) in [6.45, 7) is 1.71. The smallest absolute Gasteiger partial charge is 0.393 e. The van der Waals surface area contributed by atoms with Crippen molar-refractivity contribution in [2.24, 2.45) is 0 Å². The topological polar surface area (TPSA) is 102 Å². The third-order valence-corrected chi connectivity index (χ3v) is 1.60. The first-order valence-electron chi connectivity index (χ1n) is 4.03. The molecule has 2 aromatic heterocycles. The Morgan fingerprint density at radius 1 is 1.47 bits per heavy atom. The zero-order chi connectivity index (χ0) is 10.8. The molecule has 0 amide bonds. The van der Waals surface area contributed by atoms with Crippen LogP contribution in [0, 0.1) is 6.92 Å². The second kappa shape index (κ2) is 3.45. The Morgan fingerprint density at radius 2 is 2.27 bits per heavy atom. The molecule has 1 N–H and O–H groups in total. The van der Waals surface area contributed by atoms with Crippen molar-refractivity contribution in [3.8, 4) is 11.6 Å². The van der Waals surface area contributed by atoms with Crippen LogP contribution in [0.5, 0.6) is 0 Å². The largest absolute Gasteiger partial charge is 0.474 e. The van der Waals surface area contributed by atoms with Crippen molar-refractivity contribution in [3.05, 3.63) is 24.0 Å². The van der Waals surface area contributed by atoms with Gasteiger partial charge in [-0.2, -0.15) is 0 Å². The SMILES string of the molecule is Cc1nccc(-c2nnc(C(=O)O)o2)n1. The fourth-order valence-electron chi connectivity index (χ4n) is 0.988. The van der Waals surface area contributed by atoms with Crippen molar-refractivity contribution in [2.45, 2.75) is 6.92 Å². The van der Waals surface area contributed by atoms with E-state index in [1.807, 2.05) is 0 Å². The highest BCUT2D eigenvalue weighted by Gasteiger charge is 2.14. The van der Waals surface area contributed by atoms with Gasteiger partial charge in [0, 0.05) is 6.20 Å². The Labute approximate surface area is 83.8 Å². The molecule has 76 valence electrons. The molecule has 0 atom stereocenters. The van der Waals surface area contributed by atoms with Gasteiger partial charge in [-0.15, -0.1) is 10.2 Å². The fraction of sp³-hybridized carbons (Fsp3) is 0.125. The Hall–Kier alpha value is -2.31. The summed E-state index contributed by atoms with van der Waals surface area (Å²) in [6.07, 6.45) is 1.53. The van der Waals surface area contributed by atoms with E-state index >= 15 is 0 Å². The van der Waals surface area contributed by atoms with E-state index in [4.69, 9.17) is 9.52 Å². The van der Waals surface area contributed by atoms with Gasteiger partial charge in [-0.25, -0.2) is 14.8 Å². The molecule has 2 aromatic rings. The maximum absolute atomic E-state index is 10.5. The standard InChI is InChI=1S/C8H6N4O3/c1-4-9-3-2-5(10-4)6-11-12-7(15-6)8(13)14/h2-3H,1H3,(H,13,14). The molecule has 7 heteroatoms. The molecule has 0 aliphatic heterocycles. The predicted molar refractivity (Wildman–Crippen MR) is 47.0 cm³/mol. The van der Waals surface area contributed by atoms with Crippen LogP contribution in [-0.4, -0.2) is 31.2 Å². The maximum Gasteiger partial charge on any atom is 0.393 e. The zero-order valence-corrected chi connectivity index (χ0v) is 7.71. The van der Waals surface area contributed by atoms with Crippen LogP contribution >= 0.6 is 0 Å². The van der Waals surface area contributed by atoms with E-state index in [1.54, 1.807) is 13.0 Å². The molecule has 0 radical (unpaired) electrons. The lowest BCUT2D eigenvalue weighted by Gasteiger charge is -1.93. The van der Waals surface area contributed by atoms with Crippen LogP contribution in [0.1, 0.15) is 16.5 Å². The zero-order valence-electron chi connectivity index (χ0n) is 7.71. The van der Waals surface area contributed by atoms with Gasteiger partial charge in [-0.05, 0) is 13.0 Å². The van der Waals surface area contributed by atoms with Crippen LogP contribution in [0.15, 0.2) is 16.7 Å². The van der Waals surface area contributed by atoms with Gasteiger partial charge in [-0.1, -0.05) is 0 Å². The average molecular weight is 206 g/mol. The highest BCUT2D eigenvalue weighted by Crippen LogP contribution is 2.14. The number of carboxylic acid groups (broad SMARTS) is 1. The number of hydrogen-bond donors (Lipinski definition) is 1. The van der Waals surface area contributed by atoms with Crippen LogP contribution in [0.3, 0.4) is 0 Å². The molecule has 0 bridgehead atoms. The molecule has 0 aliphatic carbocycles. The minimum Gasteiger partial charge on any atom is -0.474 e. The summed E-state index contributed by atoms with van der Waals surface area (Å²) in [5.74, 6) is -1.11. The number of aryl methyl sites for hydroxylation is 1. The summed E-state index contributed by atoms with van der Waals surface area (Å²) in [5, 5.41) is 15.5. The molecule has 15 heavy (non-hydrogen) atoms. The van der Waals surface area contributed by atoms with E-state index in [9.17, 15) is 4.79 Å². The minimum absolute atomic E-state index is 0.0675. The molecule has 0 aromatic carbocycles. The molecule has 0 aliphatic rings. The summed E-state index contributed by atoms with van der Waals surface area (Å²) in [7, 11) is 0. The lowest BCUT2D eigenvalue weighted by Crippen LogP contribution is -1.95. The first-order valence-corrected chi connectivity index (χ1v) is 4.03. The Morgan fingerprint density at radius 3 is 2.87 bits per heavy atom. The van der Waals surface area contributed by atoms with Crippen LogP contribution in [-0.2, 0) is 0 Å². The summed E-state index contributed by atoms with van der Waals surface area (Å²) < 4.78 is 4.87. The molecule has 0 spiro atoms. The molecular weight excluding hydrogens is 200 g/mol. The van der Waals surface area contributed by atoms with E-state index in [2.05, 4.69) is 20.2 Å². The van der Waals surface area contributed by atoms with E-state index in [0.717, 1.165) is 0 Å². The van der Waals surface area contributed by atoms with Crippen molar-refractivity contribution in [3.63, 3.8) is 0 Å². The molecular formula is C8H6N4O3. The number of rotatable bonds is 2. The minimum atomic E-state index is -1.26. The molecule has 0 unspecified atom stereocenters. The number of nitrogens with zero attached hydrogens (tertiary/aromatic N) is 4. The van der Waals surface area contributed by atoms with Crippen molar-refractivity contribution < 1.29 is 14.3 Å². The average Bonchev–Trinajstić information content (AvgIpc) is 2.66. The van der Waals surface area contributed by atoms with Crippen molar-refractivity contribution in [2.75, 3.05) is 0 Å². The monoisotopic (exact) mass is 206 g/mol. The van der Waals surface area contributed by atoms with Gasteiger partial charge in [0.25, 0.3) is 5.89 Å². The predicted octanol–water partition coefficient (Wildman–Crippen LogP) is 0.533. The summed E-state index contributed by atoms with van der Waals surface area (Å²) in [6, 6.07) is 1.56. The maximum atomic E-state index is 10.5. The first-order chi connectivity index (χ1) is 7.16. The van der Waals surface area contributed by atoms with Gasteiger partial charge in [0.05, 0.1) is 0 Å². The molecule has 2 rings (SSSR count). The van der Waals surface area contributed by atoms with Gasteiger partial charge < -0.3 is 9.52 Å². The van der Waals surface area contributed by atoms with Crippen LogP contribution in [0.2, 0.25) is 0 Å². The van der Waals surface area contributed by atoms with Crippen LogP contribution < -0.4 is 0 Å². The molecule has 0 saturated heterocycles. The third-order valence-electron chi connectivity index (χ3n) is 1.60. The van der Waals surface area contributed by atoms with Crippen molar-refractivity contribution >= 4 is 5.97 Å². The van der Waals surface area contributed by atoms with Gasteiger partial charge in [0.1, 0.15) is 11.5 Å². The summed E-state index contributed by atoms with van der Waals surface area (Å²) >= 11 is 0.